The van der Waals surface area contributed by atoms with E-state index in [4.69, 9.17) is 0 Å². The van der Waals surface area contributed by atoms with Crippen LogP contribution in [0.4, 0.5) is 4.79 Å². The number of thioether (sulfide) groups is 1. The van der Waals surface area contributed by atoms with Gasteiger partial charge in [0.25, 0.3) is 0 Å². The maximum Gasteiger partial charge on any atom is 0.327 e. The molecule has 7 heteroatoms. The zero-order chi connectivity index (χ0) is 14.7. The number of amides is 2. The lowest BCUT2D eigenvalue weighted by atomic mass is 10.1. The topological polar surface area (TPSA) is 64.1 Å². The van der Waals surface area contributed by atoms with Gasteiger partial charge in [0, 0.05) is 37.2 Å². The fourth-order valence-electron chi connectivity index (χ4n) is 2.77. The fraction of sp³-hybridized carbons (Fsp3) is 0.846. The maximum atomic E-state index is 12.6. The highest BCUT2D eigenvalue weighted by Crippen LogP contribution is 2.21. The van der Waals surface area contributed by atoms with Crippen molar-refractivity contribution < 1.29 is 14.7 Å². The molecular formula is C13H23N3O3S. The maximum absolute atomic E-state index is 12.6. The molecule has 2 atom stereocenters. The van der Waals surface area contributed by atoms with Crippen LogP contribution in [0.3, 0.4) is 0 Å². The minimum atomic E-state index is -0.897. The summed E-state index contributed by atoms with van der Waals surface area (Å²) in [4.78, 5) is 29.4. The highest BCUT2D eigenvalue weighted by molar-refractivity contribution is 7.99. The summed E-state index contributed by atoms with van der Waals surface area (Å²) in [6, 6.07) is -0.416. The Hall–Kier alpha value is -0.950. The predicted molar refractivity (Wildman–Crippen MR) is 79.1 cm³/mol. The number of aliphatic carboxylic acids is 1. The van der Waals surface area contributed by atoms with E-state index in [0.29, 0.717) is 24.9 Å². The van der Waals surface area contributed by atoms with Crippen molar-refractivity contribution in [2.75, 3.05) is 45.2 Å². The van der Waals surface area contributed by atoms with Gasteiger partial charge in [-0.25, -0.2) is 9.59 Å². The third-order valence-electron chi connectivity index (χ3n) is 4.06. The Morgan fingerprint density at radius 1 is 1.30 bits per heavy atom. The first-order valence-electron chi connectivity index (χ1n) is 7.03. The quantitative estimate of drug-likeness (QED) is 0.811. The van der Waals surface area contributed by atoms with Crippen LogP contribution in [0.5, 0.6) is 0 Å². The standard InChI is InChI=1S/C13H23N3O3S/c1-14(2)10-4-3-5-15(8-10)13(19)16-6-7-20-9-11(16)12(17)18/h10-11H,3-9H2,1-2H3,(H,17,18). The smallest absolute Gasteiger partial charge is 0.327 e. The second kappa shape index (κ2) is 6.67. The number of urea groups is 1. The molecule has 0 radical (unpaired) electrons. The molecule has 2 rings (SSSR count). The second-order valence-corrected chi connectivity index (χ2v) is 6.76. The summed E-state index contributed by atoms with van der Waals surface area (Å²) in [5.74, 6) is 0.415. The Balaban J connectivity index is 2.03. The van der Waals surface area contributed by atoms with E-state index < -0.39 is 12.0 Å². The van der Waals surface area contributed by atoms with Gasteiger partial charge in [-0.05, 0) is 26.9 Å². The Bertz CT molecular complexity index is 378. The van der Waals surface area contributed by atoms with Crippen LogP contribution in [-0.4, -0.2) is 89.1 Å². The largest absolute Gasteiger partial charge is 0.480 e. The van der Waals surface area contributed by atoms with Gasteiger partial charge in [-0.3, -0.25) is 0 Å². The number of hydrogen-bond donors (Lipinski definition) is 1. The molecule has 6 nitrogen and oxygen atoms in total. The van der Waals surface area contributed by atoms with Gasteiger partial charge >= 0.3 is 12.0 Å². The summed E-state index contributed by atoms with van der Waals surface area (Å²) in [5, 5.41) is 9.26. The van der Waals surface area contributed by atoms with Gasteiger partial charge in [0.2, 0.25) is 0 Å². The molecule has 0 bridgehead atoms. The van der Waals surface area contributed by atoms with Crippen LogP contribution in [0.25, 0.3) is 0 Å². The first-order chi connectivity index (χ1) is 9.50. The summed E-state index contributed by atoms with van der Waals surface area (Å²) < 4.78 is 0. The molecular weight excluding hydrogens is 278 g/mol. The highest BCUT2D eigenvalue weighted by Gasteiger charge is 2.36. The average molecular weight is 301 g/mol. The lowest BCUT2D eigenvalue weighted by Gasteiger charge is -2.41. The van der Waals surface area contributed by atoms with Gasteiger partial charge in [0.15, 0.2) is 0 Å². The van der Waals surface area contributed by atoms with Crippen molar-refractivity contribution in [2.45, 2.75) is 24.9 Å². The first kappa shape index (κ1) is 15.4. The Labute approximate surface area is 124 Å². The molecule has 0 aliphatic carbocycles. The molecule has 0 spiro atoms. The van der Waals surface area contributed by atoms with E-state index in [1.54, 1.807) is 11.8 Å². The number of likely N-dealkylation sites (N-methyl/N-ethyl adjacent to an activating group) is 1. The number of carbonyl (C=O) groups is 2. The zero-order valence-electron chi connectivity index (χ0n) is 12.1. The minimum absolute atomic E-state index is 0.107. The van der Waals surface area contributed by atoms with Crippen LogP contribution >= 0.6 is 11.8 Å². The number of carbonyl (C=O) groups excluding carboxylic acids is 1. The van der Waals surface area contributed by atoms with Crippen molar-refractivity contribution in [1.29, 1.82) is 0 Å². The van der Waals surface area contributed by atoms with Crippen molar-refractivity contribution in [3.05, 3.63) is 0 Å². The molecule has 2 unspecified atom stereocenters. The van der Waals surface area contributed by atoms with E-state index in [-0.39, 0.29) is 6.03 Å². The van der Waals surface area contributed by atoms with Crippen LogP contribution in [0.2, 0.25) is 0 Å². The number of nitrogens with zero attached hydrogens (tertiary/aromatic N) is 3. The molecule has 1 N–H and O–H groups in total. The normalized spacial score (nSPS) is 27.8. The van der Waals surface area contributed by atoms with Crippen LogP contribution in [-0.2, 0) is 4.79 Å². The molecule has 0 aromatic rings. The third-order valence-corrected chi connectivity index (χ3v) is 5.08. The molecule has 2 amide bonds. The summed E-state index contributed by atoms with van der Waals surface area (Å²) in [6.45, 7) is 1.96. The number of hydrogen-bond acceptors (Lipinski definition) is 4. The van der Waals surface area contributed by atoms with Crippen LogP contribution in [0, 0.1) is 0 Å². The third kappa shape index (κ3) is 3.38. The van der Waals surface area contributed by atoms with E-state index in [1.807, 2.05) is 19.0 Å². The Morgan fingerprint density at radius 3 is 2.70 bits per heavy atom. The van der Waals surface area contributed by atoms with Gasteiger partial charge in [-0.1, -0.05) is 0 Å². The highest BCUT2D eigenvalue weighted by atomic mass is 32.2. The molecule has 2 fully saturated rings. The molecule has 0 aromatic carbocycles. The number of carboxylic acid groups (broad SMARTS) is 1. The summed E-state index contributed by atoms with van der Waals surface area (Å²) >= 11 is 1.60. The summed E-state index contributed by atoms with van der Waals surface area (Å²) in [7, 11) is 4.05. The molecule has 0 aromatic heterocycles. The average Bonchev–Trinajstić information content (AvgIpc) is 2.46. The lowest BCUT2D eigenvalue weighted by Crippen LogP contribution is -2.58. The second-order valence-electron chi connectivity index (χ2n) is 5.61. The summed E-state index contributed by atoms with van der Waals surface area (Å²) in [5.41, 5.74) is 0. The minimum Gasteiger partial charge on any atom is -0.480 e. The monoisotopic (exact) mass is 301 g/mol. The lowest BCUT2D eigenvalue weighted by molar-refractivity contribution is -0.141. The molecule has 2 heterocycles. The van der Waals surface area contributed by atoms with Crippen LogP contribution < -0.4 is 0 Å². The van der Waals surface area contributed by atoms with Gasteiger partial charge in [-0.2, -0.15) is 11.8 Å². The SMILES string of the molecule is CN(C)C1CCCN(C(=O)N2CCSCC2C(=O)O)C1. The Morgan fingerprint density at radius 2 is 2.05 bits per heavy atom. The number of rotatable bonds is 2. The first-order valence-corrected chi connectivity index (χ1v) is 8.18. The number of carboxylic acids is 1. The molecule has 114 valence electrons. The van der Waals surface area contributed by atoms with Crippen molar-refractivity contribution in [3.8, 4) is 0 Å². The van der Waals surface area contributed by atoms with E-state index in [1.165, 1.54) is 4.90 Å². The summed E-state index contributed by atoms with van der Waals surface area (Å²) in [6.07, 6.45) is 2.07. The van der Waals surface area contributed by atoms with Crippen molar-refractivity contribution in [1.82, 2.24) is 14.7 Å². The number of likely N-dealkylation sites (tertiary alicyclic amines) is 1. The molecule has 2 aliphatic rings. The molecule has 20 heavy (non-hydrogen) atoms. The van der Waals surface area contributed by atoms with Gasteiger partial charge in [0.1, 0.15) is 6.04 Å². The zero-order valence-corrected chi connectivity index (χ0v) is 12.9. The van der Waals surface area contributed by atoms with Gasteiger partial charge in [0.05, 0.1) is 0 Å². The van der Waals surface area contributed by atoms with E-state index in [9.17, 15) is 14.7 Å². The van der Waals surface area contributed by atoms with E-state index in [0.717, 1.165) is 25.1 Å². The van der Waals surface area contributed by atoms with Crippen LogP contribution in [0.15, 0.2) is 0 Å². The predicted octanol–water partition coefficient (Wildman–Crippen LogP) is 0.634. The molecule has 2 saturated heterocycles. The van der Waals surface area contributed by atoms with Crippen molar-refractivity contribution in [2.24, 2.45) is 0 Å². The Kier molecular flexibility index (Phi) is 5.15. The van der Waals surface area contributed by atoms with E-state index >= 15 is 0 Å². The van der Waals surface area contributed by atoms with Gasteiger partial charge < -0.3 is 19.8 Å². The number of piperidine rings is 1. The molecule has 2 aliphatic heterocycles. The fourth-order valence-corrected chi connectivity index (χ4v) is 3.81. The van der Waals surface area contributed by atoms with Crippen molar-refractivity contribution in [3.63, 3.8) is 0 Å². The van der Waals surface area contributed by atoms with Crippen LogP contribution in [0.1, 0.15) is 12.8 Å². The van der Waals surface area contributed by atoms with Gasteiger partial charge in [-0.15, -0.1) is 0 Å². The molecule has 0 saturated carbocycles. The van der Waals surface area contributed by atoms with E-state index in [2.05, 4.69) is 4.90 Å². The van der Waals surface area contributed by atoms with Crippen molar-refractivity contribution >= 4 is 23.8 Å².